The SMILES string of the molecule is COC(=O)CCCCCNC(=O)c1cccc(-n2cccc2)c1. The lowest BCUT2D eigenvalue weighted by Crippen LogP contribution is -2.24. The molecule has 0 unspecified atom stereocenters. The van der Waals surface area contributed by atoms with Gasteiger partial charge in [-0.25, -0.2) is 0 Å². The summed E-state index contributed by atoms with van der Waals surface area (Å²) in [5.41, 5.74) is 1.60. The molecule has 1 aromatic heterocycles. The van der Waals surface area contributed by atoms with Gasteiger partial charge in [-0.15, -0.1) is 0 Å². The summed E-state index contributed by atoms with van der Waals surface area (Å²) in [6, 6.07) is 11.4. The number of aromatic nitrogens is 1. The quantitative estimate of drug-likeness (QED) is 0.602. The molecule has 0 bridgehead atoms. The number of rotatable bonds is 8. The number of carbonyl (C=O) groups is 2. The fourth-order valence-corrected chi connectivity index (χ4v) is 2.29. The first-order valence-electron chi connectivity index (χ1n) is 7.79. The predicted octanol–water partition coefficient (Wildman–Crippen LogP) is 2.94. The van der Waals surface area contributed by atoms with E-state index in [9.17, 15) is 9.59 Å². The summed E-state index contributed by atoms with van der Waals surface area (Å²) < 4.78 is 6.55. The van der Waals surface area contributed by atoms with E-state index in [1.165, 1.54) is 7.11 Å². The second kappa shape index (κ2) is 8.78. The predicted molar refractivity (Wildman–Crippen MR) is 88.6 cm³/mol. The number of amides is 1. The third kappa shape index (κ3) is 5.29. The van der Waals surface area contributed by atoms with Crippen LogP contribution in [0.4, 0.5) is 0 Å². The third-order valence-corrected chi connectivity index (χ3v) is 3.58. The van der Waals surface area contributed by atoms with Gasteiger partial charge < -0.3 is 14.6 Å². The van der Waals surface area contributed by atoms with Crippen LogP contribution >= 0.6 is 0 Å². The highest BCUT2D eigenvalue weighted by molar-refractivity contribution is 5.94. The van der Waals surface area contributed by atoms with Gasteiger partial charge in [-0.3, -0.25) is 9.59 Å². The fourth-order valence-electron chi connectivity index (χ4n) is 2.29. The minimum absolute atomic E-state index is 0.0769. The van der Waals surface area contributed by atoms with Gasteiger partial charge in [0.25, 0.3) is 5.91 Å². The molecular formula is C18H22N2O3. The summed E-state index contributed by atoms with van der Waals surface area (Å²) in [7, 11) is 1.39. The Balaban J connectivity index is 1.76. The van der Waals surface area contributed by atoms with Crippen LogP contribution in [0, 0.1) is 0 Å². The normalized spacial score (nSPS) is 10.3. The molecule has 1 heterocycles. The molecule has 0 saturated carbocycles. The van der Waals surface area contributed by atoms with Crippen molar-refractivity contribution in [1.29, 1.82) is 0 Å². The zero-order valence-electron chi connectivity index (χ0n) is 13.3. The molecule has 5 heteroatoms. The first-order chi connectivity index (χ1) is 11.2. The van der Waals surface area contributed by atoms with E-state index in [0.29, 0.717) is 18.5 Å². The average Bonchev–Trinajstić information content (AvgIpc) is 3.12. The van der Waals surface area contributed by atoms with Gasteiger partial charge >= 0.3 is 5.97 Å². The minimum Gasteiger partial charge on any atom is -0.469 e. The Kier molecular flexibility index (Phi) is 6.41. The van der Waals surface area contributed by atoms with Gasteiger partial charge in [0.15, 0.2) is 0 Å². The van der Waals surface area contributed by atoms with Crippen molar-refractivity contribution in [2.75, 3.05) is 13.7 Å². The molecule has 1 aromatic carbocycles. The number of unbranched alkanes of at least 4 members (excludes halogenated alkanes) is 2. The first kappa shape index (κ1) is 16.8. The van der Waals surface area contributed by atoms with Gasteiger partial charge in [0.2, 0.25) is 0 Å². The maximum atomic E-state index is 12.2. The lowest BCUT2D eigenvalue weighted by Gasteiger charge is -2.08. The third-order valence-electron chi connectivity index (χ3n) is 3.58. The van der Waals surface area contributed by atoms with Crippen molar-refractivity contribution in [3.63, 3.8) is 0 Å². The smallest absolute Gasteiger partial charge is 0.305 e. The number of esters is 1. The van der Waals surface area contributed by atoms with Crippen molar-refractivity contribution in [1.82, 2.24) is 9.88 Å². The second-order valence-corrected chi connectivity index (χ2v) is 5.28. The van der Waals surface area contributed by atoms with Crippen LogP contribution < -0.4 is 5.32 Å². The Labute approximate surface area is 136 Å². The zero-order valence-corrected chi connectivity index (χ0v) is 13.3. The highest BCUT2D eigenvalue weighted by Crippen LogP contribution is 2.11. The summed E-state index contributed by atoms with van der Waals surface area (Å²) in [6.07, 6.45) is 6.84. The number of ether oxygens (including phenoxy) is 1. The van der Waals surface area contributed by atoms with Crippen LogP contribution in [0.1, 0.15) is 36.0 Å². The van der Waals surface area contributed by atoms with Crippen LogP contribution in [0.3, 0.4) is 0 Å². The van der Waals surface area contributed by atoms with Gasteiger partial charge in [0.1, 0.15) is 0 Å². The van der Waals surface area contributed by atoms with E-state index >= 15 is 0 Å². The maximum absolute atomic E-state index is 12.2. The molecule has 2 rings (SSSR count). The molecule has 0 aliphatic carbocycles. The Bertz CT molecular complexity index is 635. The summed E-state index contributed by atoms with van der Waals surface area (Å²) in [5, 5.41) is 2.91. The maximum Gasteiger partial charge on any atom is 0.305 e. The largest absolute Gasteiger partial charge is 0.469 e. The molecule has 0 aliphatic rings. The van der Waals surface area contributed by atoms with E-state index in [-0.39, 0.29) is 11.9 Å². The number of nitrogens with one attached hydrogen (secondary N) is 1. The highest BCUT2D eigenvalue weighted by atomic mass is 16.5. The van der Waals surface area contributed by atoms with Crippen LogP contribution in [0.5, 0.6) is 0 Å². The molecule has 23 heavy (non-hydrogen) atoms. The number of hydrogen-bond donors (Lipinski definition) is 1. The number of methoxy groups -OCH3 is 1. The first-order valence-corrected chi connectivity index (χ1v) is 7.79. The van der Waals surface area contributed by atoms with Crippen LogP contribution in [0.25, 0.3) is 5.69 Å². The molecule has 0 radical (unpaired) electrons. The van der Waals surface area contributed by atoms with Crippen molar-refractivity contribution < 1.29 is 14.3 Å². The van der Waals surface area contributed by atoms with Crippen molar-refractivity contribution >= 4 is 11.9 Å². The van der Waals surface area contributed by atoms with Crippen LogP contribution in [-0.2, 0) is 9.53 Å². The topological polar surface area (TPSA) is 60.3 Å². The van der Waals surface area contributed by atoms with Crippen molar-refractivity contribution in [2.45, 2.75) is 25.7 Å². The van der Waals surface area contributed by atoms with E-state index in [2.05, 4.69) is 10.1 Å². The van der Waals surface area contributed by atoms with Gasteiger partial charge in [-0.1, -0.05) is 12.5 Å². The summed E-state index contributed by atoms with van der Waals surface area (Å²) >= 11 is 0. The molecule has 1 N–H and O–H groups in total. The van der Waals surface area contributed by atoms with Crippen molar-refractivity contribution in [3.8, 4) is 5.69 Å². The summed E-state index contributed by atoms with van der Waals surface area (Å²) in [6.45, 7) is 0.605. The van der Waals surface area contributed by atoms with E-state index < -0.39 is 0 Å². The zero-order chi connectivity index (χ0) is 16.5. The molecule has 0 saturated heterocycles. The fraction of sp³-hybridized carbons (Fsp3) is 0.333. The lowest BCUT2D eigenvalue weighted by molar-refractivity contribution is -0.140. The molecule has 1 amide bonds. The van der Waals surface area contributed by atoms with Gasteiger partial charge in [-0.05, 0) is 43.2 Å². The number of nitrogens with zero attached hydrogens (tertiary/aromatic N) is 1. The van der Waals surface area contributed by atoms with E-state index in [0.717, 1.165) is 24.9 Å². The summed E-state index contributed by atoms with van der Waals surface area (Å²) in [4.78, 5) is 23.1. The molecule has 0 fully saturated rings. The van der Waals surface area contributed by atoms with E-state index in [1.54, 1.807) is 6.07 Å². The molecule has 0 aliphatic heterocycles. The number of carbonyl (C=O) groups excluding carboxylic acids is 2. The molecule has 2 aromatic rings. The minimum atomic E-state index is -0.184. The number of hydrogen-bond acceptors (Lipinski definition) is 3. The average molecular weight is 314 g/mol. The van der Waals surface area contributed by atoms with Crippen LogP contribution in [-0.4, -0.2) is 30.1 Å². The van der Waals surface area contributed by atoms with E-state index in [4.69, 9.17) is 0 Å². The molecule has 0 atom stereocenters. The second-order valence-electron chi connectivity index (χ2n) is 5.28. The van der Waals surface area contributed by atoms with Crippen molar-refractivity contribution in [2.24, 2.45) is 0 Å². The van der Waals surface area contributed by atoms with Crippen molar-refractivity contribution in [3.05, 3.63) is 54.4 Å². The van der Waals surface area contributed by atoms with Gasteiger partial charge in [0.05, 0.1) is 7.11 Å². The van der Waals surface area contributed by atoms with Crippen LogP contribution in [0.2, 0.25) is 0 Å². The molecular weight excluding hydrogens is 292 g/mol. The monoisotopic (exact) mass is 314 g/mol. The molecule has 122 valence electrons. The van der Waals surface area contributed by atoms with Crippen LogP contribution in [0.15, 0.2) is 48.8 Å². The Hall–Kier alpha value is -2.56. The lowest BCUT2D eigenvalue weighted by atomic mass is 10.1. The Morgan fingerprint density at radius 1 is 1.09 bits per heavy atom. The Morgan fingerprint density at radius 2 is 1.87 bits per heavy atom. The highest BCUT2D eigenvalue weighted by Gasteiger charge is 2.06. The summed E-state index contributed by atoms with van der Waals surface area (Å²) in [5.74, 6) is -0.261. The van der Waals surface area contributed by atoms with Gasteiger partial charge in [-0.2, -0.15) is 0 Å². The number of benzene rings is 1. The van der Waals surface area contributed by atoms with E-state index in [1.807, 2.05) is 47.3 Å². The molecule has 5 nitrogen and oxygen atoms in total. The Morgan fingerprint density at radius 3 is 2.61 bits per heavy atom. The molecule has 0 spiro atoms. The van der Waals surface area contributed by atoms with Gasteiger partial charge in [0, 0.05) is 36.6 Å². The standard InChI is InChI=1S/C18H22N2O3/c1-23-17(21)10-3-2-4-11-19-18(22)15-8-7-9-16(14-15)20-12-5-6-13-20/h5-9,12-14H,2-4,10-11H2,1H3,(H,19,22).